The molecule has 0 atom stereocenters. The molecule has 0 radical (unpaired) electrons. The highest BCUT2D eigenvalue weighted by Crippen LogP contribution is 2.44. The van der Waals surface area contributed by atoms with E-state index in [2.05, 4.69) is 15.6 Å². The molecule has 3 heterocycles. The smallest absolute Gasteiger partial charge is 0.270 e. The third-order valence-corrected chi connectivity index (χ3v) is 7.93. The van der Waals surface area contributed by atoms with Gasteiger partial charge in [0, 0.05) is 30.6 Å². The third-order valence-electron chi connectivity index (χ3n) is 6.91. The van der Waals surface area contributed by atoms with Gasteiger partial charge in [-0.05, 0) is 79.4 Å². The number of hydrogen-bond acceptors (Lipinski definition) is 5. The van der Waals surface area contributed by atoms with Crippen molar-refractivity contribution >= 4 is 28.1 Å². The quantitative estimate of drug-likeness (QED) is 0.313. The third kappa shape index (κ3) is 4.14. The molecular weight excluding hydrogens is 501 g/mol. The predicted molar refractivity (Wildman–Crippen MR) is 145 cm³/mol. The summed E-state index contributed by atoms with van der Waals surface area (Å²) in [6, 6.07) is 17.3. The fraction of sp³-hybridized carbons (Fsp3) is 0.172. The van der Waals surface area contributed by atoms with Gasteiger partial charge in [-0.25, -0.2) is 9.37 Å². The lowest BCUT2D eigenvalue weighted by atomic mass is 10.0. The highest BCUT2D eigenvalue weighted by Gasteiger charge is 2.47. The van der Waals surface area contributed by atoms with E-state index in [-0.39, 0.29) is 17.6 Å². The first-order valence-corrected chi connectivity index (χ1v) is 13.1. The van der Waals surface area contributed by atoms with Crippen LogP contribution in [0.5, 0.6) is 0 Å². The number of thiazole rings is 1. The van der Waals surface area contributed by atoms with E-state index >= 15 is 0 Å². The van der Waals surface area contributed by atoms with Crippen LogP contribution >= 0.6 is 11.3 Å². The van der Waals surface area contributed by atoms with Crippen molar-refractivity contribution in [2.45, 2.75) is 25.3 Å². The molecule has 9 heteroatoms. The van der Waals surface area contributed by atoms with Crippen molar-refractivity contribution < 1.29 is 14.0 Å². The minimum atomic E-state index is -0.411. The number of fused-ring (bicyclic) bond motifs is 1. The van der Waals surface area contributed by atoms with Crippen molar-refractivity contribution in [3.05, 3.63) is 101 Å². The Labute approximate surface area is 222 Å². The molecule has 1 fully saturated rings. The van der Waals surface area contributed by atoms with Gasteiger partial charge in [0.2, 0.25) is 0 Å². The van der Waals surface area contributed by atoms with Gasteiger partial charge in [0.05, 0.1) is 16.1 Å². The van der Waals surface area contributed by atoms with Crippen molar-refractivity contribution in [2.24, 2.45) is 0 Å². The van der Waals surface area contributed by atoms with Crippen LogP contribution in [0.2, 0.25) is 0 Å². The van der Waals surface area contributed by atoms with Crippen molar-refractivity contribution in [3.8, 4) is 21.7 Å². The van der Waals surface area contributed by atoms with E-state index in [9.17, 15) is 14.0 Å². The minimum absolute atomic E-state index is 0.152. The molecule has 2 aromatic carbocycles. The molecule has 0 spiro atoms. The van der Waals surface area contributed by atoms with Gasteiger partial charge in [-0.2, -0.15) is 0 Å². The van der Waals surface area contributed by atoms with E-state index in [4.69, 9.17) is 4.98 Å². The Kier molecular flexibility index (Phi) is 5.80. The van der Waals surface area contributed by atoms with Crippen LogP contribution in [0, 0.1) is 12.7 Å². The molecule has 0 unspecified atom stereocenters. The van der Waals surface area contributed by atoms with Gasteiger partial charge in [-0.15, -0.1) is 0 Å². The predicted octanol–water partition coefficient (Wildman–Crippen LogP) is 5.35. The van der Waals surface area contributed by atoms with E-state index in [0.717, 1.165) is 34.5 Å². The maximum atomic E-state index is 13.5. The monoisotopic (exact) mass is 525 g/mol. The topological polar surface area (TPSA) is 88.4 Å². The summed E-state index contributed by atoms with van der Waals surface area (Å²) in [5.74, 6) is -0.804. The maximum absolute atomic E-state index is 13.5. The Morgan fingerprint density at radius 2 is 1.84 bits per heavy atom. The number of pyridine rings is 1. The van der Waals surface area contributed by atoms with Crippen LogP contribution in [-0.4, -0.2) is 33.2 Å². The second-order valence-electron chi connectivity index (χ2n) is 9.42. The molecule has 2 amide bonds. The molecule has 1 saturated carbocycles. The zero-order chi connectivity index (χ0) is 26.4. The zero-order valence-corrected chi connectivity index (χ0v) is 21.6. The molecule has 1 aliphatic rings. The van der Waals surface area contributed by atoms with Crippen LogP contribution in [0.25, 0.3) is 26.7 Å². The number of nitrogens with one attached hydrogen (secondary N) is 2. The van der Waals surface area contributed by atoms with E-state index in [1.165, 1.54) is 23.5 Å². The first kappa shape index (κ1) is 24.0. The Bertz CT molecular complexity index is 1690. The van der Waals surface area contributed by atoms with Crippen LogP contribution < -0.4 is 10.6 Å². The summed E-state index contributed by atoms with van der Waals surface area (Å²) in [4.78, 5) is 36.8. The van der Waals surface area contributed by atoms with Crippen LogP contribution in [0.1, 0.15) is 44.9 Å². The fourth-order valence-corrected chi connectivity index (χ4v) is 5.71. The standard InChI is InChI=1S/C29H24FN5O2S/c1-17-6-7-19(26(36)34-29(12-13-29)23-5-3-4-14-32-23)15-21(17)22-16-35-25(27(37)31-2)24(33-28(35)38-22)18-8-10-20(30)11-9-18/h3-11,14-16H,12-13H2,1-2H3,(H,31,37)(H,34,36). The van der Waals surface area contributed by atoms with Crippen molar-refractivity contribution in [1.82, 2.24) is 25.0 Å². The lowest BCUT2D eigenvalue weighted by Crippen LogP contribution is -2.35. The summed E-state index contributed by atoms with van der Waals surface area (Å²) in [6.07, 6.45) is 5.32. The molecular formula is C29H24FN5O2S. The second kappa shape index (κ2) is 9.18. The summed E-state index contributed by atoms with van der Waals surface area (Å²) in [7, 11) is 1.56. The lowest BCUT2D eigenvalue weighted by molar-refractivity contribution is 0.0927. The summed E-state index contributed by atoms with van der Waals surface area (Å²) in [6.45, 7) is 1.99. The van der Waals surface area contributed by atoms with Crippen LogP contribution in [0.3, 0.4) is 0 Å². The SMILES string of the molecule is CNC(=O)c1c(-c2ccc(F)cc2)nc2sc(-c3cc(C(=O)NC4(c5ccccn5)CC4)ccc3C)cn12. The summed E-state index contributed by atoms with van der Waals surface area (Å²) in [5.41, 5.74) is 4.41. The largest absolute Gasteiger partial charge is 0.354 e. The van der Waals surface area contributed by atoms with Gasteiger partial charge >= 0.3 is 0 Å². The molecule has 6 rings (SSSR count). The van der Waals surface area contributed by atoms with E-state index in [1.54, 1.807) is 29.8 Å². The molecule has 1 aliphatic carbocycles. The molecule has 2 N–H and O–H groups in total. The van der Waals surface area contributed by atoms with Crippen molar-refractivity contribution in [3.63, 3.8) is 0 Å². The van der Waals surface area contributed by atoms with Gasteiger partial charge in [0.25, 0.3) is 11.8 Å². The highest BCUT2D eigenvalue weighted by molar-refractivity contribution is 7.20. The average Bonchev–Trinajstić information content (AvgIpc) is 3.46. The summed E-state index contributed by atoms with van der Waals surface area (Å²) < 4.78 is 15.2. The number of hydrogen-bond donors (Lipinski definition) is 2. The maximum Gasteiger partial charge on any atom is 0.270 e. The highest BCUT2D eigenvalue weighted by atomic mass is 32.1. The number of nitrogens with zero attached hydrogens (tertiary/aromatic N) is 3. The Balaban J connectivity index is 1.36. The van der Waals surface area contributed by atoms with Crippen molar-refractivity contribution in [2.75, 3.05) is 7.05 Å². The van der Waals surface area contributed by atoms with Gasteiger partial charge in [0.1, 0.15) is 17.2 Å². The molecule has 5 aromatic rings. The lowest BCUT2D eigenvalue weighted by Gasteiger charge is -2.17. The molecule has 7 nitrogen and oxygen atoms in total. The molecule has 38 heavy (non-hydrogen) atoms. The number of rotatable bonds is 6. The Morgan fingerprint density at radius 1 is 1.05 bits per heavy atom. The number of imidazole rings is 1. The number of aryl methyl sites for hydroxylation is 1. The number of halogens is 1. The first-order valence-electron chi connectivity index (χ1n) is 12.2. The molecule has 0 bridgehead atoms. The number of aromatic nitrogens is 3. The first-order chi connectivity index (χ1) is 18.4. The molecule has 0 saturated heterocycles. The van der Waals surface area contributed by atoms with Gasteiger partial charge in [-0.1, -0.05) is 23.5 Å². The number of carbonyl (C=O) groups is 2. The van der Waals surface area contributed by atoms with Gasteiger partial charge < -0.3 is 10.6 Å². The van der Waals surface area contributed by atoms with Gasteiger partial charge in [-0.3, -0.25) is 19.0 Å². The number of amides is 2. The van der Waals surface area contributed by atoms with Crippen LogP contribution in [-0.2, 0) is 5.54 Å². The number of carbonyl (C=O) groups excluding carboxylic acids is 2. The molecule has 3 aromatic heterocycles. The van der Waals surface area contributed by atoms with E-state index in [0.29, 0.717) is 27.5 Å². The average molecular weight is 526 g/mol. The van der Waals surface area contributed by atoms with E-state index < -0.39 is 5.54 Å². The Morgan fingerprint density at radius 3 is 2.53 bits per heavy atom. The van der Waals surface area contributed by atoms with E-state index in [1.807, 2.05) is 49.5 Å². The minimum Gasteiger partial charge on any atom is -0.354 e. The second-order valence-corrected chi connectivity index (χ2v) is 10.4. The molecule has 190 valence electrons. The Hall–Kier alpha value is -4.37. The summed E-state index contributed by atoms with van der Waals surface area (Å²) >= 11 is 1.42. The fourth-order valence-electron chi connectivity index (χ4n) is 4.65. The van der Waals surface area contributed by atoms with Gasteiger partial charge in [0.15, 0.2) is 4.96 Å². The summed E-state index contributed by atoms with van der Waals surface area (Å²) in [5, 5.41) is 5.87. The zero-order valence-electron chi connectivity index (χ0n) is 20.8. The number of benzene rings is 2. The van der Waals surface area contributed by atoms with Crippen LogP contribution in [0.15, 0.2) is 73.1 Å². The van der Waals surface area contributed by atoms with Crippen molar-refractivity contribution in [1.29, 1.82) is 0 Å². The van der Waals surface area contributed by atoms with Crippen LogP contribution in [0.4, 0.5) is 4.39 Å². The normalized spacial score (nSPS) is 13.9. The molecule has 0 aliphatic heterocycles.